The number of hydrogen-bond acceptors (Lipinski definition) is 3. The zero-order chi connectivity index (χ0) is 18.6. The maximum atomic E-state index is 13.1. The number of aryl methyl sites for hydroxylation is 1. The van der Waals surface area contributed by atoms with Crippen LogP contribution in [0.25, 0.3) is 0 Å². The Hall–Kier alpha value is -2.49. The van der Waals surface area contributed by atoms with Crippen LogP contribution in [0, 0.1) is 6.92 Å². The fourth-order valence-electron chi connectivity index (χ4n) is 2.94. The molecule has 0 aliphatic heterocycles. The van der Waals surface area contributed by atoms with Gasteiger partial charge in [-0.25, -0.2) is 0 Å². The summed E-state index contributed by atoms with van der Waals surface area (Å²) in [6.07, 6.45) is 0.900. The molecule has 0 bridgehead atoms. The Bertz CT molecular complexity index is 740. The van der Waals surface area contributed by atoms with Crippen LogP contribution in [0.1, 0.15) is 41.8 Å². The van der Waals surface area contributed by atoms with Gasteiger partial charge in [-0.1, -0.05) is 24.6 Å². The van der Waals surface area contributed by atoms with Crippen molar-refractivity contribution in [2.75, 3.05) is 24.7 Å². The number of benzene rings is 2. The van der Waals surface area contributed by atoms with Crippen molar-refractivity contribution >= 4 is 17.3 Å². The molecule has 1 atom stereocenters. The molecule has 0 fully saturated rings. The van der Waals surface area contributed by atoms with Gasteiger partial charge in [0.15, 0.2) is 0 Å². The summed E-state index contributed by atoms with van der Waals surface area (Å²) in [5.74, 6) is 0.0604. The summed E-state index contributed by atoms with van der Waals surface area (Å²) < 4.78 is 0. The van der Waals surface area contributed by atoms with Crippen LogP contribution < -0.4 is 10.6 Å². The lowest BCUT2D eigenvalue weighted by Crippen LogP contribution is -2.38. The van der Waals surface area contributed by atoms with Crippen LogP contribution in [0.15, 0.2) is 42.5 Å². The first-order chi connectivity index (χ1) is 11.8. The highest BCUT2D eigenvalue weighted by atomic mass is 16.2. The molecular weight excluding hydrogens is 310 g/mol. The van der Waals surface area contributed by atoms with Crippen LogP contribution in [-0.2, 0) is 6.54 Å². The summed E-state index contributed by atoms with van der Waals surface area (Å²) in [5.41, 5.74) is 10.7. The number of carbonyl (C=O) groups excluding carboxylic acids is 1. The van der Waals surface area contributed by atoms with E-state index in [4.69, 9.17) is 5.73 Å². The first kappa shape index (κ1) is 18.8. The summed E-state index contributed by atoms with van der Waals surface area (Å²) in [4.78, 5) is 17.1. The Balaban J connectivity index is 2.39. The average Bonchev–Trinajstić information content (AvgIpc) is 2.58. The molecule has 0 saturated carbocycles. The van der Waals surface area contributed by atoms with Crippen molar-refractivity contribution in [2.45, 2.75) is 39.8 Å². The summed E-state index contributed by atoms with van der Waals surface area (Å²) in [5, 5.41) is 0. The van der Waals surface area contributed by atoms with Gasteiger partial charge in [0.25, 0.3) is 5.91 Å². The van der Waals surface area contributed by atoms with Gasteiger partial charge in [-0.3, -0.25) is 4.79 Å². The second kappa shape index (κ2) is 8.06. The van der Waals surface area contributed by atoms with E-state index in [1.54, 1.807) is 0 Å². The fourth-order valence-corrected chi connectivity index (χ4v) is 2.94. The molecule has 2 N–H and O–H groups in total. The molecule has 0 spiro atoms. The number of nitrogen functional groups attached to an aromatic ring is 1. The molecule has 0 aliphatic rings. The Morgan fingerprint density at radius 2 is 1.88 bits per heavy atom. The minimum Gasteiger partial charge on any atom is -0.399 e. The third-order valence-corrected chi connectivity index (χ3v) is 4.57. The predicted octanol–water partition coefficient (Wildman–Crippen LogP) is 4.08. The average molecular weight is 339 g/mol. The van der Waals surface area contributed by atoms with Crippen molar-refractivity contribution in [1.29, 1.82) is 0 Å². The standard InChI is InChI=1S/C21H29N3O/c1-6-16(3)24(21(25)17-9-7-8-15(2)12-17)14-18-13-19(22)10-11-20(18)23(4)5/h7-13,16H,6,14,22H2,1-5H3/t16-/m1/s1. The maximum absolute atomic E-state index is 13.1. The van der Waals surface area contributed by atoms with Gasteiger partial charge in [-0.15, -0.1) is 0 Å². The van der Waals surface area contributed by atoms with Crippen molar-refractivity contribution < 1.29 is 4.79 Å². The highest BCUT2D eigenvalue weighted by Crippen LogP contribution is 2.25. The molecule has 4 nitrogen and oxygen atoms in total. The quantitative estimate of drug-likeness (QED) is 0.807. The number of nitrogens with two attached hydrogens (primary N) is 1. The van der Waals surface area contributed by atoms with E-state index in [9.17, 15) is 4.79 Å². The zero-order valence-corrected chi connectivity index (χ0v) is 15.9. The Labute approximate surface area is 151 Å². The molecule has 0 saturated heterocycles. The molecule has 0 unspecified atom stereocenters. The summed E-state index contributed by atoms with van der Waals surface area (Å²) in [6.45, 7) is 6.75. The molecule has 0 aromatic heterocycles. The molecule has 4 heteroatoms. The van der Waals surface area contributed by atoms with Crippen molar-refractivity contribution in [2.24, 2.45) is 0 Å². The molecular formula is C21H29N3O. The van der Waals surface area contributed by atoms with Gasteiger partial charge in [0, 0.05) is 43.6 Å². The minimum atomic E-state index is 0.0604. The van der Waals surface area contributed by atoms with Crippen LogP contribution in [0.3, 0.4) is 0 Å². The monoisotopic (exact) mass is 339 g/mol. The summed E-state index contributed by atoms with van der Waals surface area (Å²) in [6, 6.07) is 13.8. The second-order valence-corrected chi connectivity index (χ2v) is 6.84. The van der Waals surface area contributed by atoms with Gasteiger partial charge in [0.1, 0.15) is 0 Å². The van der Waals surface area contributed by atoms with Crippen molar-refractivity contribution in [3.05, 3.63) is 59.2 Å². The fraction of sp³-hybridized carbons (Fsp3) is 0.381. The van der Waals surface area contributed by atoms with E-state index in [1.165, 1.54) is 0 Å². The van der Waals surface area contributed by atoms with E-state index in [0.717, 1.165) is 28.8 Å². The molecule has 0 radical (unpaired) electrons. The third kappa shape index (κ3) is 4.53. The molecule has 0 heterocycles. The van der Waals surface area contributed by atoms with Crippen LogP contribution in [0.2, 0.25) is 0 Å². The lowest BCUT2D eigenvalue weighted by molar-refractivity contribution is 0.0672. The molecule has 134 valence electrons. The number of carbonyl (C=O) groups is 1. The smallest absolute Gasteiger partial charge is 0.254 e. The Morgan fingerprint density at radius 1 is 1.16 bits per heavy atom. The van der Waals surface area contributed by atoms with Gasteiger partial charge < -0.3 is 15.5 Å². The number of hydrogen-bond donors (Lipinski definition) is 1. The van der Waals surface area contributed by atoms with Gasteiger partial charge in [0.05, 0.1) is 0 Å². The number of amides is 1. The van der Waals surface area contributed by atoms with Gasteiger partial charge in [-0.2, -0.15) is 0 Å². The van der Waals surface area contributed by atoms with Crippen molar-refractivity contribution in [1.82, 2.24) is 4.90 Å². The maximum Gasteiger partial charge on any atom is 0.254 e. The highest BCUT2D eigenvalue weighted by Gasteiger charge is 2.22. The van der Waals surface area contributed by atoms with Gasteiger partial charge >= 0.3 is 0 Å². The summed E-state index contributed by atoms with van der Waals surface area (Å²) in [7, 11) is 4.01. The molecule has 1 amide bonds. The number of rotatable bonds is 6. The topological polar surface area (TPSA) is 49.6 Å². The highest BCUT2D eigenvalue weighted by molar-refractivity contribution is 5.94. The molecule has 2 rings (SSSR count). The number of nitrogens with zero attached hydrogens (tertiary/aromatic N) is 2. The van der Waals surface area contributed by atoms with Crippen LogP contribution in [0.4, 0.5) is 11.4 Å². The Morgan fingerprint density at radius 3 is 2.48 bits per heavy atom. The van der Waals surface area contributed by atoms with E-state index < -0.39 is 0 Å². The molecule has 2 aromatic carbocycles. The largest absolute Gasteiger partial charge is 0.399 e. The van der Waals surface area contributed by atoms with Crippen molar-refractivity contribution in [3.63, 3.8) is 0 Å². The first-order valence-electron chi connectivity index (χ1n) is 8.76. The Kier molecular flexibility index (Phi) is 6.07. The lowest BCUT2D eigenvalue weighted by Gasteiger charge is -2.31. The number of anilines is 2. The van der Waals surface area contributed by atoms with E-state index in [2.05, 4.69) is 18.7 Å². The third-order valence-electron chi connectivity index (χ3n) is 4.57. The van der Waals surface area contributed by atoms with E-state index in [-0.39, 0.29) is 11.9 Å². The van der Waals surface area contributed by atoms with E-state index in [1.807, 2.05) is 68.4 Å². The van der Waals surface area contributed by atoms with Gasteiger partial charge in [-0.05, 0) is 56.2 Å². The zero-order valence-electron chi connectivity index (χ0n) is 15.9. The van der Waals surface area contributed by atoms with Crippen LogP contribution in [0.5, 0.6) is 0 Å². The molecule has 25 heavy (non-hydrogen) atoms. The molecule has 0 aliphatic carbocycles. The van der Waals surface area contributed by atoms with Crippen LogP contribution >= 0.6 is 0 Å². The predicted molar refractivity (Wildman–Crippen MR) is 106 cm³/mol. The lowest BCUT2D eigenvalue weighted by atomic mass is 10.1. The SMILES string of the molecule is CC[C@@H](C)N(Cc1cc(N)ccc1N(C)C)C(=O)c1cccc(C)c1. The van der Waals surface area contributed by atoms with E-state index in [0.29, 0.717) is 12.2 Å². The summed E-state index contributed by atoms with van der Waals surface area (Å²) >= 11 is 0. The minimum absolute atomic E-state index is 0.0604. The van der Waals surface area contributed by atoms with Crippen molar-refractivity contribution in [3.8, 4) is 0 Å². The van der Waals surface area contributed by atoms with Gasteiger partial charge in [0.2, 0.25) is 0 Å². The molecule has 2 aromatic rings. The normalized spacial score (nSPS) is 11.9. The second-order valence-electron chi connectivity index (χ2n) is 6.84. The van der Waals surface area contributed by atoms with Crippen LogP contribution in [-0.4, -0.2) is 30.9 Å². The first-order valence-corrected chi connectivity index (χ1v) is 8.76. The van der Waals surface area contributed by atoms with E-state index >= 15 is 0 Å².